The molecule has 1 saturated heterocycles. The Morgan fingerprint density at radius 2 is 1.62 bits per heavy atom. The molecule has 0 radical (unpaired) electrons. The molecule has 0 aliphatic carbocycles. The maximum absolute atomic E-state index is 13.0. The number of carbonyl (C=O) groups excluding carboxylic acids is 1. The number of hydrogen-bond acceptors (Lipinski definition) is 4. The Kier molecular flexibility index (Phi) is 7.18. The summed E-state index contributed by atoms with van der Waals surface area (Å²) in [5.74, 6) is -0.361. The van der Waals surface area contributed by atoms with Crippen LogP contribution in [0.3, 0.4) is 0 Å². The molecule has 1 heterocycles. The molecule has 3 rings (SSSR count). The van der Waals surface area contributed by atoms with Gasteiger partial charge in [0.1, 0.15) is 0 Å². The van der Waals surface area contributed by atoms with Crippen LogP contribution in [0.4, 0.5) is 13.2 Å². The first-order valence-corrected chi connectivity index (χ1v) is 11.6. The molecule has 0 aromatic heterocycles. The van der Waals surface area contributed by atoms with Crippen LogP contribution in [-0.4, -0.2) is 68.7 Å². The Hall–Kier alpha value is -2.14. The first-order valence-electron chi connectivity index (χ1n) is 9.79. The van der Waals surface area contributed by atoms with Crippen molar-refractivity contribution in [3.63, 3.8) is 0 Å². The molecule has 1 aliphatic rings. The fourth-order valence-corrected chi connectivity index (χ4v) is 4.50. The highest BCUT2D eigenvalue weighted by Gasteiger charge is 2.30. The van der Waals surface area contributed by atoms with Gasteiger partial charge in [0.2, 0.25) is 10.0 Å². The number of benzene rings is 2. The summed E-state index contributed by atoms with van der Waals surface area (Å²) in [7, 11) is -0.903. The van der Waals surface area contributed by atoms with Crippen molar-refractivity contribution in [1.29, 1.82) is 0 Å². The molecule has 0 unspecified atom stereocenters. The van der Waals surface area contributed by atoms with E-state index in [2.05, 4.69) is 0 Å². The predicted octanol–water partition coefficient (Wildman–Crippen LogP) is 3.57. The molecular weight excluding hydrogens is 467 g/mol. The number of amides is 1. The molecule has 0 bridgehead atoms. The molecule has 2 aromatic carbocycles. The summed E-state index contributed by atoms with van der Waals surface area (Å²) in [5.41, 5.74) is 0.181. The van der Waals surface area contributed by atoms with Gasteiger partial charge in [-0.2, -0.15) is 13.2 Å². The zero-order chi connectivity index (χ0) is 23.7. The Morgan fingerprint density at radius 1 is 1.03 bits per heavy atom. The normalized spacial score (nSPS) is 15.9. The highest BCUT2D eigenvalue weighted by atomic mass is 35.5. The number of halogens is 4. The molecule has 6 nitrogen and oxygen atoms in total. The second kappa shape index (κ2) is 9.38. The highest BCUT2D eigenvalue weighted by Crippen LogP contribution is 2.29. The minimum Gasteiger partial charge on any atom is -0.336 e. The van der Waals surface area contributed by atoms with Gasteiger partial charge in [0, 0.05) is 46.8 Å². The fraction of sp³-hybridized carbons (Fsp3) is 0.381. The third kappa shape index (κ3) is 5.43. The van der Waals surface area contributed by atoms with Gasteiger partial charge in [0.05, 0.1) is 21.0 Å². The van der Waals surface area contributed by atoms with Crippen molar-refractivity contribution in [3.8, 4) is 0 Å². The van der Waals surface area contributed by atoms with Crippen LogP contribution in [0, 0.1) is 0 Å². The van der Waals surface area contributed by atoms with E-state index in [-0.39, 0.29) is 21.4 Å². The predicted molar refractivity (Wildman–Crippen MR) is 115 cm³/mol. The minimum atomic E-state index is -4.37. The van der Waals surface area contributed by atoms with Crippen LogP contribution in [0.15, 0.2) is 47.4 Å². The maximum atomic E-state index is 13.0. The van der Waals surface area contributed by atoms with Gasteiger partial charge in [-0.05, 0) is 35.9 Å². The van der Waals surface area contributed by atoms with Crippen molar-refractivity contribution in [2.75, 3.05) is 40.3 Å². The summed E-state index contributed by atoms with van der Waals surface area (Å²) in [6.07, 6.45) is -4.37. The van der Waals surface area contributed by atoms with Crippen LogP contribution in [-0.2, 0) is 22.7 Å². The van der Waals surface area contributed by atoms with Gasteiger partial charge in [0.25, 0.3) is 5.91 Å². The molecular formula is C21H23ClF3N3O3S. The lowest BCUT2D eigenvalue weighted by atomic mass is 10.1. The van der Waals surface area contributed by atoms with E-state index in [9.17, 15) is 26.4 Å². The monoisotopic (exact) mass is 489 g/mol. The standard InChI is InChI=1S/C21H23ClF3N3O3S/c1-26(2)32(30,31)17-7-8-19(22)18(13-17)20(29)28-11-9-27(10-12-28)14-15-3-5-16(6-4-15)21(23,24)25/h3-8,13H,9-12,14H2,1-2H3. The molecule has 0 N–H and O–H groups in total. The SMILES string of the molecule is CN(C)S(=O)(=O)c1ccc(Cl)c(C(=O)N2CCN(Cc3ccc(C(F)(F)F)cc3)CC2)c1. The zero-order valence-corrected chi connectivity index (χ0v) is 19.1. The van der Waals surface area contributed by atoms with E-state index in [4.69, 9.17) is 11.6 Å². The molecule has 0 saturated carbocycles. The number of rotatable bonds is 5. The number of hydrogen-bond donors (Lipinski definition) is 0. The van der Waals surface area contributed by atoms with E-state index >= 15 is 0 Å². The van der Waals surface area contributed by atoms with Crippen molar-refractivity contribution in [3.05, 3.63) is 64.2 Å². The third-order valence-corrected chi connectivity index (χ3v) is 7.43. The Balaban J connectivity index is 1.65. The van der Waals surface area contributed by atoms with E-state index in [1.807, 2.05) is 4.90 Å². The lowest BCUT2D eigenvalue weighted by molar-refractivity contribution is -0.137. The van der Waals surface area contributed by atoms with Crippen molar-refractivity contribution in [1.82, 2.24) is 14.1 Å². The van der Waals surface area contributed by atoms with Gasteiger partial charge < -0.3 is 4.90 Å². The smallest absolute Gasteiger partial charge is 0.336 e. The van der Waals surface area contributed by atoms with E-state index in [1.165, 1.54) is 44.4 Å². The van der Waals surface area contributed by atoms with Gasteiger partial charge in [-0.15, -0.1) is 0 Å². The molecule has 1 fully saturated rings. The molecule has 11 heteroatoms. The van der Waals surface area contributed by atoms with Gasteiger partial charge in [-0.25, -0.2) is 12.7 Å². The molecule has 0 spiro atoms. The molecule has 1 aliphatic heterocycles. The quantitative estimate of drug-likeness (QED) is 0.644. The third-order valence-electron chi connectivity index (χ3n) is 5.29. The minimum absolute atomic E-state index is 0.0174. The van der Waals surface area contributed by atoms with E-state index < -0.39 is 21.8 Å². The largest absolute Gasteiger partial charge is 0.416 e. The number of sulfonamides is 1. The summed E-state index contributed by atoms with van der Waals surface area (Å²) in [4.78, 5) is 16.6. The lowest BCUT2D eigenvalue weighted by Gasteiger charge is -2.35. The second-order valence-corrected chi connectivity index (χ2v) is 10.3. The van der Waals surface area contributed by atoms with Crippen LogP contribution in [0.2, 0.25) is 5.02 Å². The summed E-state index contributed by atoms with van der Waals surface area (Å²) >= 11 is 6.17. The average molecular weight is 490 g/mol. The van der Waals surface area contributed by atoms with Crippen molar-refractivity contribution < 1.29 is 26.4 Å². The average Bonchev–Trinajstić information content (AvgIpc) is 2.73. The van der Waals surface area contributed by atoms with E-state index in [1.54, 1.807) is 4.90 Å². The Labute approximate surface area is 190 Å². The van der Waals surface area contributed by atoms with Crippen molar-refractivity contribution in [2.24, 2.45) is 0 Å². The summed E-state index contributed by atoms with van der Waals surface area (Å²) in [6.45, 7) is 2.30. The highest BCUT2D eigenvalue weighted by molar-refractivity contribution is 7.89. The van der Waals surface area contributed by atoms with Crippen LogP contribution in [0.5, 0.6) is 0 Å². The molecule has 1 amide bonds. The number of carbonyl (C=O) groups is 1. The van der Waals surface area contributed by atoms with Crippen LogP contribution < -0.4 is 0 Å². The summed E-state index contributed by atoms with van der Waals surface area (Å²) < 4.78 is 63.9. The number of nitrogens with zero attached hydrogens (tertiary/aromatic N) is 3. The van der Waals surface area contributed by atoms with Gasteiger partial charge in [0.15, 0.2) is 0 Å². The first kappa shape index (κ1) is 24.5. The Morgan fingerprint density at radius 3 is 2.16 bits per heavy atom. The van der Waals surface area contributed by atoms with Crippen LogP contribution in [0.25, 0.3) is 0 Å². The van der Waals surface area contributed by atoms with Crippen LogP contribution in [0.1, 0.15) is 21.5 Å². The lowest BCUT2D eigenvalue weighted by Crippen LogP contribution is -2.48. The summed E-state index contributed by atoms with van der Waals surface area (Å²) in [5, 5.41) is 0.167. The fourth-order valence-electron chi connectivity index (χ4n) is 3.38. The maximum Gasteiger partial charge on any atom is 0.416 e. The molecule has 2 aromatic rings. The number of piperazine rings is 1. The molecule has 174 valence electrons. The van der Waals surface area contributed by atoms with Crippen molar-refractivity contribution in [2.45, 2.75) is 17.6 Å². The van der Waals surface area contributed by atoms with E-state index in [0.717, 1.165) is 22.0 Å². The zero-order valence-electron chi connectivity index (χ0n) is 17.6. The topological polar surface area (TPSA) is 60.9 Å². The second-order valence-electron chi connectivity index (χ2n) is 7.69. The summed E-state index contributed by atoms with van der Waals surface area (Å²) in [6, 6.07) is 9.07. The van der Waals surface area contributed by atoms with Gasteiger partial charge >= 0.3 is 6.18 Å². The first-order chi connectivity index (χ1) is 14.9. The number of alkyl halides is 3. The van der Waals surface area contributed by atoms with Gasteiger partial charge in [-0.3, -0.25) is 9.69 Å². The van der Waals surface area contributed by atoms with Gasteiger partial charge in [-0.1, -0.05) is 23.7 Å². The van der Waals surface area contributed by atoms with Crippen LogP contribution >= 0.6 is 11.6 Å². The van der Waals surface area contributed by atoms with Crippen molar-refractivity contribution >= 4 is 27.5 Å². The Bertz CT molecular complexity index is 1080. The molecule has 32 heavy (non-hydrogen) atoms. The molecule has 0 atom stereocenters. The van der Waals surface area contributed by atoms with E-state index in [0.29, 0.717) is 32.7 Å².